The Morgan fingerprint density at radius 2 is 1.82 bits per heavy atom. The van der Waals surface area contributed by atoms with Gasteiger partial charge in [0.05, 0.1) is 23.3 Å². The van der Waals surface area contributed by atoms with E-state index in [-0.39, 0.29) is 17.9 Å². The quantitative estimate of drug-likeness (QED) is 0.588. The molecule has 0 saturated carbocycles. The van der Waals surface area contributed by atoms with Gasteiger partial charge in [0.2, 0.25) is 11.9 Å². The maximum atomic E-state index is 13.6. The number of nitrogens with zero attached hydrogens (tertiary/aromatic N) is 6. The Morgan fingerprint density at radius 3 is 2.58 bits per heavy atom. The highest BCUT2D eigenvalue weighted by atomic mass is 16.2. The van der Waals surface area contributed by atoms with Crippen LogP contribution in [0.15, 0.2) is 42.7 Å². The van der Waals surface area contributed by atoms with E-state index in [0.717, 1.165) is 60.9 Å². The van der Waals surface area contributed by atoms with Crippen LogP contribution in [0.5, 0.6) is 0 Å². The fourth-order valence-electron chi connectivity index (χ4n) is 5.08. The molecule has 2 aliphatic heterocycles. The maximum absolute atomic E-state index is 13.6. The monoisotopic (exact) mass is 444 g/mol. The molecule has 0 spiro atoms. The molecule has 2 atom stereocenters. The van der Waals surface area contributed by atoms with Crippen molar-refractivity contribution >= 4 is 11.9 Å². The zero-order chi connectivity index (χ0) is 22.9. The van der Waals surface area contributed by atoms with Gasteiger partial charge in [0.25, 0.3) is 0 Å². The van der Waals surface area contributed by atoms with Crippen molar-refractivity contribution in [3.63, 3.8) is 0 Å². The predicted molar refractivity (Wildman–Crippen MR) is 129 cm³/mol. The van der Waals surface area contributed by atoms with Gasteiger partial charge in [-0.1, -0.05) is 29.8 Å². The molecule has 2 fully saturated rings. The van der Waals surface area contributed by atoms with Crippen LogP contribution in [0.4, 0.5) is 5.95 Å². The molecule has 33 heavy (non-hydrogen) atoms. The molecule has 2 aromatic heterocycles. The van der Waals surface area contributed by atoms with Crippen molar-refractivity contribution in [3.8, 4) is 11.3 Å². The number of benzene rings is 1. The first-order valence-electron chi connectivity index (χ1n) is 12.0. The average Bonchev–Trinajstić information content (AvgIpc) is 3.59. The molecule has 5 rings (SSSR count). The second-order valence-electron chi connectivity index (χ2n) is 9.36. The number of carbonyl (C=O) groups excluding carboxylic acids is 1. The lowest BCUT2D eigenvalue weighted by Crippen LogP contribution is -2.34. The van der Waals surface area contributed by atoms with Crippen LogP contribution in [0, 0.1) is 6.92 Å². The van der Waals surface area contributed by atoms with Gasteiger partial charge in [0, 0.05) is 44.6 Å². The molecule has 3 aromatic rings. The lowest BCUT2D eigenvalue weighted by molar-refractivity contribution is -0.133. The fraction of sp³-hybridized carbons (Fsp3) is 0.462. The van der Waals surface area contributed by atoms with E-state index < -0.39 is 0 Å². The van der Waals surface area contributed by atoms with Gasteiger partial charge in [0.15, 0.2) is 0 Å². The number of aryl methyl sites for hydroxylation is 2. The van der Waals surface area contributed by atoms with Crippen molar-refractivity contribution in [1.29, 1.82) is 0 Å². The summed E-state index contributed by atoms with van der Waals surface area (Å²) in [5.41, 5.74) is 5.07. The van der Waals surface area contributed by atoms with Crippen molar-refractivity contribution in [3.05, 3.63) is 59.5 Å². The van der Waals surface area contributed by atoms with Crippen molar-refractivity contribution in [2.75, 3.05) is 24.5 Å². The summed E-state index contributed by atoms with van der Waals surface area (Å²) in [5.74, 6) is 0.768. The summed E-state index contributed by atoms with van der Waals surface area (Å²) in [6.07, 6.45) is 8.13. The Labute approximate surface area is 195 Å². The number of anilines is 1. The Morgan fingerprint density at radius 1 is 1.06 bits per heavy atom. The third-order valence-electron chi connectivity index (χ3n) is 6.96. The number of likely N-dealkylation sites (tertiary alicyclic amines) is 1. The molecule has 0 bridgehead atoms. The minimum absolute atomic E-state index is 0.0354. The Kier molecular flexibility index (Phi) is 5.87. The summed E-state index contributed by atoms with van der Waals surface area (Å²) in [5, 5.41) is 4.82. The van der Waals surface area contributed by atoms with Crippen LogP contribution in [0.3, 0.4) is 0 Å². The number of rotatable bonds is 5. The molecule has 1 amide bonds. The first-order chi connectivity index (χ1) is 16.0. The van der Waals surface area contributed by atoms with Gasteiger partial charge in [-0.3, -0.25) is 9.48 Å². The second kappa shape index (κ2) is 8.96. The van der Waals surface area contributed by atoms with Gasteiger partial charge in [0.1, 0.15) is 0 Å². The van der Waals surface area contributed by atoms with Crippen molar-refractivity contribution < 1.29 is 4.79 Å². The van der Waals surface area contributed by atoms with Crippen LogP contribution < -0.4 is 4.90 Å². The standard InChI is InChI=1S/C26H32N6O/c1-18-8-10-20(11-9-18)19(2)25(33)32-16-6-7-23(32)24-21(17-30(3)29-24)22-12-13-27-26(28-22)31-14-4-5-15-31/h8-13,17,19,23H,4-7,14-16H2,1-3H3/t19-,23-/m0/s1. The highest BCUT2D eigenvalue weighted by molar-refractivity contribution is 5.84. The topological polar surface area (TPSA) is 67.2 Å². The van der Waals surface area contributed by atoms with Gasteiger partial charge in [-0.15, -0.1) is 0 Å². The molecular formula is C26H32N6O. The van der Waals surface area contributed by atoms with Gasteiger partial charge < -0.3 is 9.80 Å². The Hall–Kier alpha value is -3.22. The number of amides is 1. The molecular weight excluding hydrogens is 412 g/mol. The fourth-order valence-corrected chi connectivity index (χ4v) is 5.08. The van der Waals surface area contributed by atoms with Crippen molar-refractivity contribution in [2.45, 2.75) is 51.5 Å². The summed E-state index contributed by atoms with van der Waals surface area (Å²) < 4.78 is 1.84. The SMILES string of the molecule is Cc1ccc([C@H](C)C(=O)N2CCC[C@H]2c2nn(C)cc2-c2ccnc(N3CCCC3)n2)cc1. The van der Waals surface area contributed by atoms with E-state index in [1.165, 1.54) is 18.4 Å². The zero-order valence-corrected chi connectivity index (χ0v) is 19.7. The highest BCUT2D eigenvalue weighted by Crippen LogP contribution is 2.38. The lowest BCUT2D eigenvalue weighted by atomic mass is 9.97. The summed E-state index contributed by atoms with van der Waals surface area (Å²) in [4.78, 5) is 27.2. The normalized spacial score (nSPS) is 19.3. The van der Waals surface area contributed by atoms with E-state index in [9.17, 15) is 4.79 Å². The van der Waals surface area contributed by atoms with Crippen LogP contribution in [0.2, 0.25) is 0 Å². The molecule has 0 unspecified atom stereocenters. The average molecular weight is 445 g/mol. The molecule has 0 aliphatic carbocycles. The molecule has 0 N–H and O–H groups in total. The largest absolute Gasteiger partial charge is 0.341 e. The van der Waals surface area contributed by atoms with Gasteiger partial charge >= 0.3 is 0 Å². The third-order valence-corrected chi connectivity index (χ3v) is 6.96. The minimum atomic E-state index is -0.181. The number of hydrogen-bond donors (Lipinski definition) is 0. The van der Waals surface area contributed by atoms with Crippen LogP contribution >= 0.6 is 0 Å². The molecule has 1 aromatic carbocycles. The summed E-state index contributed by atoms with van der Waals surface area (Å²) in [7, 11) is 1.94. The van der Waals surface area contributed by atoms with E-state index in [2.05, 4.69) is 41.1 Å². The first-order valence-corrected chi connectivity index (χ1v) is 12.0. The van der Waals surface area contributed by atoms with Crippen LogP contribution in [0.25, 0.3) is 11.3 Å². The molecule has 0 radical (unpaired) electrons. The predicted octanol–water partition coefficient (Wildman–Crippen LogP) is 4.25. The molecule has 2 saturated heterocycles. The molecule has 4 heterocycles. The third kappa shape index (κ3) is 4.24. The molecule has 2 aliphatic rings. The van der Waals surface area contributed by atoms with Gasteiger partial charge in [-0.05, 0) is 51.2 Å². The molecule has 7 nitrogen and oxygen atoms in total. The smallest absolute Gasteiger partial charge is 0.230 e. The molecule has 7 heteroatoms. The lowest BCUT2D eigenvalue weighted by Gasteiger charge is -2.27. The maximum Gasteiger partial charge on any atom is 0.230 e. The molecule has 172 valence electrons. The van der Waals surface area contributed by atoms with Crippen molar-refractivity contribution in [1.82, 2.24) is 24.6 Å². The Bertz CT molecular complexity index is 1130. The van der Waals surface area contributed by atoms with Crippen molar-refractivity contribution in [2.24, 2.45) is 7.05 Å². The van der Waals surface area contributed by atoms with E-state index in [0.29, 0.717) is 0 Å². The second-order valence-corrected chi connectivity index (χ2v) is 9.36. The number of hydrogen-bond acceptors (Lipinski definition) is 5. The van der Waals surface area contributed by atoms with E-state index in [1.807, 2.05) is 42.0 Å². The summed E-state index contributed by atoms with van der Waals surface area (Å²) in [6, 6.07) is 10.2. The van der Waals surface area contributed by atoms with E-state index in [1.54, 1.807) is 0 Å². The van der Waals surface area contributed by atoms with Crippen LogP contribution in [-0.2, 0) is 11.8 Å². The highest BCUT2D eigenvalue weighted by Gasteiger charge is 2.36. The number of carbonyl (C=O) groups is 1. The number of aromatic nitrogens is 4. The first kappa shape index (κ1) is 21.6. The van der Waals surface area contributed by atoms with E-state index in [4.69, 9.17) is 10.1 Å². The summed E-state index contributed by atoms with van der Waals surface area (Å²) in [6.45, 7) is 6.85. The van der Waals surface area contributed by atoms with Gasteiger partial charge in [-0.2, -0.15) is 5.10 Å². The van der Waals surface area contributed by atoms with Crippen LogP contribution in [0.1, 0.15) is 61.4 Å². The van der Waals surface area contributed by atoms with Gasteiger partial charge in [-0.25, -0.2) is 9.97 Å². The van der Waals surface area contributed by atoms with E-state index >= 15 is 0 Å². The Balaban J connectivity index is 1.44. The summed E-state index contributed by atoms with van der Waals surface area (Å²) >= 11 is 0. The van der Waals surface area contributed by atoms with Crippen LogP contribution in [-0.4, -0.2) is 50.2 Å². The minimum Gasteiger partial charge on any atom is -0.341 e. The zero-order valence-electron chi connectivity index (χ0n) is 19.7.